The zero-order valence-electron chi connectivity index (χ0n) is 13.7. The van der Waals surface area contributed by atoms with Crippen molar-refractivity contribution in [3.63, 3.8) is 0 Å². The molecule has 0 saturated carbocycles. The van der Waals surface area contributed by atoms with Crippen LogP contribution in [-0.2, 0) is 20.8 Å². The number of carbonyl (C=O) groups is 1. The van der Waals surface area contributed by atoms with Gasteiger partial charge in [-0.2, -0.15) is 13.2 Å². The van der Waals surface area contributed by atoms with Crippen LogP contribution >= 0.6 is 11.6 Å². The first-order chi connectivity index (χ1) is 12.6. The molecule has 9 heteroatoms. The normalized spacial score (nSPS) is 11.4. The number of amides is 1. The van der Waals surface area contributed by atoms with Crippen molar-refractivity contribution in [3.05, 3.63) is 64.7 Å². The lowest BCUT2D eigenvalue weighted by Gasteiger charge is -2.06. The maximum Gasteiger partial charge on any atom is 0.416 e. The van der Waals surface area contributed by atoms with Crippen LogP contribution in [0.1, 0.15) is 11.1 Å². The van der Waals surface area contributed by atoms with Gasteiger partial charge in [0.1, 0.15) is 5.75 Å². The third kappa shape index (κ3) is 6.31. The van der Waals surface area contributed by atoms with E-state index < -0.39 is 33.2 Å². The number of sulfone groups is 1. The molecular formula is C18H13ClF3NO3S. The molecule has 0 aliphatic heterocycles. The van der Waals surface area contributed by atoms with Gasteiger partial charge in [0.05, 0.1) is 17.0 Å². The maximum atomic E-state index is 12.6. The van der Waals surface area contributed by atoms with Crippen molar-refractivity contribution in [1.82, 2.24) is 5.32 Å². The zero-order valence-corrected chi connectivity index (χ0v) is 15.3. The SMILES string of the molecule is O=C(CS(=O)(=O)c1ccc(Cl)cc1)NCC#Cc1cccc(C(F)(F)F)c1. The van der Waals surface area contributed by atoms with Crippen LogP contribution in [0.5, 0.6) is 0 Å². The fraction of sp³-hybridized carbons (Fsp3) is 0.167. The second kappa shape index (κ2) is 8.46. The zero-order chi connectivity index (χ0) is 20.1. The van der Waals surface area contributed by atoms with E-state index in [4.69, 9.17) is 11.6 Å². The third-order valence-corrected chi connectivity index (χ3v) is 5.18. The molecular weight excluding hydrogens is 403 g/mol. The van der Waals surface area contributed by atoms with Gasteiger partial charge in [-0.3, -0.25) is 4.79 Å². The largest absolute Gasteiger partial charge is 0.416 e. The molecule has 0 unspecified atom stereocenters. The summed E-state index contributed by atoms with van der Waals surface area (Å²) in [6.45, 7) is -0.203. The lowest BCUT2D eigenvalue weighted by Crippen LogP contribution is -2.30. The fourth-order valence-electron chi connectivity index (χ4n) is 2.01. The molecule has 1 N–H and O–H groups in total. The van der Waals surface area contributed by atoms with Crippen molar-refractivity contribution in [3.8, 4) is 11.8 Å². The fourth-order valence-corrected chi connectivity index (χ4v) is 3.30. The van der Waals surface area contributed by atoms with Crippen LogP contribution in [0.2, 0.25) is 5.02 Å². The minimum Gasteiger partial charge on any atom is -0.344 e. The number of benzene rings is 2. The van der Waals surface area contributed by atoms with E-state index in [1.165, 1.54) is 36.4 Å². The Kier molecular flexibility index (Phi) is 6.52. The Labute approximate surface area is 159 Å². The molecule has 2 aromatic carbocycles. The molecule has 4 nitrogen and oxygen atoms in total. The first kappa shape index (κ1) is 20.8. The monoisotopic (exact) mass is 415 g/mol. The Morgan fingerprint density at radius 1 is 1.11 bits per heavy atom. The summed E-state index contributed by atoms with van der Waals surface area (Å²) in [7, 11) is -3.83. The van der Waals surface area contributed by atoms with Gasteiger partial charge in [-0.05, 0) is 42.5 Å². The summed E-state index contributed by atoms with van der Waals surface area (Å²) in [6, 6.07) is 9.81. The molecule has 2 aromatic rings. The summed E-state index contributed by atoms with van der Waals surface area (Å²) in [5.74, 6) is 3.41. The molecule has 2 rings (SSSR count). The molecule has 0 radical (unpaired) electrons. The Bertz CT molecular complexity index is 991. The molecule has 142 valence electrons. The second-order valence-corrected chi connectivity index (χ2v) is 7.80. The number of alkyl halides is 3. The van der Waals surface area contributed by atoms with Crippen molar-refractivity contribution in [2.24, 2.45) is 0 Å². The van der Waals surface area contributed by atoms with E-state index in [9.17, 15) is 26.4 Å². The average molecular weight is 416 g/mol. The van der Waals surface area contributed by atoms with Gasteiger partial charge in [-0.25, -0.2) is 8.42 Å². The number of hydrogen-bond acceptors (Lipinski definition) is 3. The molecule has 0 atom stereocenters. The second-order valence-electron chi connectivity index (χ2n) is 5.37. The van der Waals surface area contributed by atoms with Crippen molar-refractivity contribution in [2.45, 2.75) is 11.1 Å². The van der Waals surface area contributed by atoms with Gasteiger partial charge in [0, 0.05) is 10.6 Å². The standard InChI is InChI=1S/C18H13ClF3NO3S/c19-15-6-8-16(9-7-15)27(25,26)12-17(24)23-10-2-4-13-3-1-5-14(11-13)18(20,21)22/h1,3,5-9,11H,10,12H2,(H,23,24). The van der Waals surface area contributed by atoms with E-state index in [1.807, 2.05) is 0 Å². The predicted molar refractivity (Wildman–Crippen MR) is 94.8 cm³/mol. The summed E-state index contributed by atoms with van der Waals surface area (Å²) in [6.07, 6.45) is -4.47. The van der Waals surface area contributed by atoms with Crippen LogP contribution in [0.15, 0.2) is 53.4 Å². The van der Waals surface area contributed by atoms with Crippen LogP contribution in [0.3, 0.4) is 0 Å². The number of carbonyl (C=O) groups excluding carboxylic acids is 1. The first-order valence-corrected chi connectivity index (χ1v) is 9.52. The van der Waals surface area contributed by atoms with E-state index in [0.717, 1.165) is 12.1 Å². The highest BCUT2D eigenvalue weighted by atomic mass is 35.5. The number of nitrogens with one attached hydrogen (secondary N) is 1. The molecule has 0 saturated heterocycles. The minimum atomic E-state index is -4.47. The molecule has 0 aliphatic rings. The van der Waals surface area contributed by atoms with Crippen molar-refractivity contribution in [2.75, 3.05) is 12.3 Å². The van der Waals surface area contributed by atoms with Gasteiger partial charge in [0.25, 0.3) is 0 Å². The summed E-state index contributed by atoms with van der Waals surface area (Å²) in [5, 5.41) is 2.66. The number of hydrogen-bond donors (Lipinski definition) is 1. The summed E-state index contributed by atoms with van der Waals surface area (Å²) in [4.78, 5) is 11.7. The lowest BCUT2D eigenvalue weighted by atomic mass is 10.1. The lowest BCUT2D eigenvalue weighted by molar-refractivity contribution is -0.137. The van der Waals surface area contributed by atoms with Crippen LogP contribution < -0.4 is 5.32 Å². The summed E-state index contributed by atoms with van der Waals surface area (Å²) < 4.78 is 62.0. The number of halogens is 4. The Morgan fingerprint density at radius 3 is 2.41 bits per heavy atom. The van der Waals surface area contributed by atoms with Gasteiger partial charge in [-0.1, -0.05) is 29.5 Å². The first-order valence-electron chi connectivity index (χ1n) is 7.49. The molecule has 0 aromatic heterocycles. The van der Waals surface area contributed by atoms with Crippen LogP contribution in [0.25, 0.3) is 0 Å². The van der Waals surface area contributed by atoms with Crippen LogP contribution in [0, 0.1) is 11.8 Å². The van der Waals surface area contributed by atoms with Crippen molar-refractivity contribution >= 4 is 27.3 Å². The average Bonchev–Trinajstić information content (AvgIpc) is 2.58. The molecule has 27 heavy (non-hydrogen) atoms. The highest BCUT2D eigenvalue weighted by Crippen LogP contribution is 2.29. The molecule has 0 spiro atoms. The molecule has 0 aliphatic carbocycles. The van der Waals surface area contributed by atoms with Crippen LogP contribution in [0.4, 0.5) is 13.2 Å². The van der Waals surface area contributed by atoms with Gasteiger partial charge in [0.2, 0.25) is 5.91 Å². The third-order valence-electron chi connectivity index (χ3n) is 3.29. The summed E-state index contributed by atoms with van der Waals surface area (Å²) in [5.41, 5.74) is -0.694. The van der Waals surface area contributed by atoms with Crippen molar-refractivity contribution in [1.29, 1.82) is 0 Å². The van der Waals surface area contributed by atoms with Gasteiger partial charge in [-0.15, -0.1) is 0 Å². The molecule has 0 bridgehead atoms. The highest BCUT2D eigenvalue weighted by molar-refractivity contribution is 7.92. The quantitative estimate of drug-likeness (QED) is 0.779. The Hall–Kier alpha value is -2.50. The van der Waals surface area contributed by atoms with Crippen LogP contribution in [-0.4, -0.2) is 26.6 Å². The van der Waals surface area contributed by atoms with Crippen molar-refractivity contribution < 1.29 is 26.4 Å². The predicted octanol–water partition coefficient (Wildman–Crippen LogP) is 3.30. The van der Waals surface area contributed by atoms with Gasteiger partial charge >= 0.3 is 6.18 Å². The maximum absolute atomic E-state index is 12.6. The number of rotatable bonds is 4. The van der Waals surface area contributed by atoms with Gasteiger partial charge < -0.3 is 5.32 Å². The Morgan fingerprint density at radius 2 is 1.78 bits per heavy atom. The molecule has 0 heterocycles. The minimum absolute atomic E-state index is 0.0444. The van der Waals surface area contributed by atoms with E-state index in [2.05, 4.69) is 17.2 Å². The van der Waals surface area contributed by atoms with E-state index in [-0.39, 0.29) is 17.0 Å². The van der Waals surface area contributed by atoms with E-state index in [1.54, 1.807) is 0 Å². The molecule has 0 fully saturated rings. The molecule has 1 amide bonds. The topological polar surface area (TPSA) is 63.2 Å². The smallest absolute Gasteiger partial charge is 0.344 e. The van der Waals surface area contributed by atoms with E-state index >= 15 is 0 Å². The van der Waals surface area contributed by atoms with E-state index in [0.29, 0.717) is 5.02 Å². The summed E-state index contributed by atoms with van der Waals surface area (Å²) >= 11 is 5.69. The van der Waals surface area contributed by atoms with Gasteiger partial charge in [0.15, 0.2) is 9.84 Å². The Balaban J connectivity index is 1.94. The highest BCUT2D eigenvalue weighted by Gasteiger charge is 2.30.